The van der Waals surface area contributed by atoms with E-state index in [4.69, 9.17) is 11.6 Å². The third kappa shape index (κ3) is 2.82. The Morgan fingerprint density at radius 1 is 1.45 bits per heavy atom. The molecule has 1 aliphatic rings. The van der Waals surface area contributed by atoms with Crippen molar-refractivity contribution in [2.45, 2.75) is 13.0 Å². The molecule has 0 amide bonds. The van der Waals surface area contributed by atoms with Gasteiger partial charge in [-0.15, -0.1) is 5.10 Å². The molecule has 0 bridgehead atoms. The lowest BCUT2D eigenvalue weighted by Crippen LogP contribution is -2.49. The van der Waals surface area contributed by atoms with Crippen LogP contribution in [0.1, 0.15) is 6.92 Å². The maximum absolute atomic E-state index is 6.00. The summed E-state index contributed by atoms with van der Waals surface area (Å²) in [7, 11) is 0. The van der Waals surface area contributed by atoms with E-state index in [2.05, 4.69) is 48.3 Å². The van der Waals surface area contributed by atoms with Gasteiger partial charge in [-0.05, 0) is 41.1 Å². The quantitative estimate of drug-likeness (QED) is 0.868. The van der Waals surface area contributed by atoms with E-state index in [-0.39, 0.29) is 0 Å². The summed E-state index contributed by atoms with van der Waals surface area (Å²) < 4.78 is 0.852. The number of rotatable bonds is 2. The average Bonchev–Trinajstić information content (AvgIpc) is 2.92. The zero-order chi connectivity index (χ0) is 14.1. The molecule has 1 atom stereocenters. The first-order valence-corrected chi connectivity index (χ1v) is 7.67. The Morgan fingerprint density at radius 3 is 3.05 bits per heavy atom. The van der Waals surface area contributed by atoms with Crippen molar-refractivity contribution in [3.8, 4) is 11.4 Å². The van der Waals surface area contributed by atoms with Gasteiger partial charge < -0.3 is 10.2 Å². The topological polar surface area (TPSA) is 56.8 Å². The van der Waals surface area contributed by atoms with Crippen LogP contribution >= 0.6 is 27.5 Å². The number of hydrogen-bond donors (Lipinski definition) is 2. The van der Waals surface area contributed by atoms with Crippen LogP contribution in [0, 0.1) is 0 Å². The predicted octanol–water partition coefficient (Wildman–Crippen LogP) is 2.69. The molecule has 1 fully saturated rings. The van der Waals surface area contributed by atoms with Crippen LogP contribution < -0.4 is 10.2 Å². The van der Waals surface area contributed by atoms with Gasteiger partial charge in [-0.1, -0.05) is 11.6 Å². The van der Waals surface area contributed by atoms with Gasteiger partial charge in [0, 0.05) is 35.7 Å². The van der Waals surface area contributed by atoms with Crippen molar-refractivity contribution >= 4 is 33.5 Å². The number of nitrogens with one attached hydrogen (secondary N) is 2. The van der Waals surface area contributed by atoms with Crippen molar-refractivity contribution < 1.29 is 0 Å². The molecule has 5 nitrogen and oxygen atoms in total. The molecule has 0 spiro atoms. The number of halogens is 2. The number of hydrogen-bond acceptors (Lipinski definition) is 4. The van der Waals surface area contributed by atoms with Crippen molar-refractivity contribution in [1.29, 1.82) is 0 Å². The first kappa shape index (κ1) is 13.9. The molecule has 20 heavy (non-hydrogen) atoms. The van der Waals surface area contributed by atoms with E-state index < -0.39 is 0 Å². The van der Waals surface area contributed by atoms with Crippen LogP contribution in [0.5, 0.6) is 0 Å². The smallest absolute Gasteiger partial charge is 0.245 e. The highest BCUT2D eigenvalue weighted by molar-refractivity contribution is 9.10. The van der Waals surface area contributed by atoms with Crippen LogP contribution in [-0.4, -0.2) is 40.9 Å². The summed E-state index contributed by atoms with van der Waals surface area (Å²) in [5, 5.41) is 11.4. The first-order valence-electron chi connectivity index (χ1n) is 6.49. The molecule has 1 aromatic carbocycles. The highest BCUT2D eigenvalue weighted by Gasteiger charge is 2.19. The number of piperazine rings is 1. The van der Waals surface area contributed by atoms with E-state index in [0.29, 0.717) is 11.1 Å². The summed E-state index contributed by atoms with van der Waals surface area (Å²) in [6.07, 6.45) is 0. The SMILES string of the molecule is C[C@@H]1CN(c2n[nH]c(-c3ccc(Cl)c(Br)c3)n2)CCN1. The zero-order valence-corrected chi connectivity index (χ0v) is 13.4. The summed E-state index contributed by atoms with van der Waals surface area (Å²) in [6.45, 7) is 4.96. The largest absolute Gasteiger partial charge is 0.337 e. The van der Waals surface area contributed by atoms with Crippen molar-refractivity contribution in [3.05, 3.63) is 27.7 Å². The minimum Gasteiger partial charge on any atom is -0.337 e. The minimum absolute atomic E-state index is 0.454. The summed E-state index contributed by atoms with van der Waals surface area (Å²) in [5.74, 6) is 1.50. The lowest BCUT2D eigenvalue weighted by molar-refractivity contribution is 0.480. The molecule has 3 rings (SSSR count). The van der Waals surface area contributed by atoms with E-state index in [0.717, 1.165) is 41.4 Å². The van der Waals surface area contributed by atoms with Gasteiger partial charge in [0.25, 0.3) is 0 Å². The Kier molecular flexibility index (Phi) is 3.96. The van der Waals surface area contributed by atoms with Gasteiger partial charge in [0.15, 0.2) is 5.82 Å². The van der Waals surface area contributed by atoms with Crippen LogP contribution in [-0.2, 0) is 0 Å². The fraction of sp³-hybridized carbons (Fsp3) is 0.385. The summed E-state index contributed by atoms with van der Waals surface area (Å²) in [5.41, 5.74) is 0.961. The Morgan fingerprint density at radius 2 is 2.30 bits per heavy atom. The fourth-order valence-corrected chi connectivity index (χ4v) is 2.78. The second kappa shape index (κ2) is 5.71. The molecule has 2 N–H and O–H groups in total. The molecule has 1 saturated heterocycles. The molecular weight excluding hydrogens is 342 g/mol. The molecule has 0 radical (unpaired) electrons. The predicted molar refractivity (Wildman–Crippen MR) is 84.2 cm³/mol. The average molecular weight is 357 g/mol. The van der Waals surface area contributed by atoms with Crippen LogP contribution in [0.25, 0.3) is 11.4 Å². The molecule has 2 heterocycles. The highest BCUT2D eigenvalue weighted by Crippen LogP contribution is 2.27. The second-order valence-electron chi connectivity index (χ2n) is 4.91. The van der Waals surface area contributed by atoms with Crippen LogP contribution in [0.15, 0.2) is 22.7 Å². The van der Waals surface area contributed by atoms with Gasteiger partial charge in [-0.25, -0.2) is 0 Å². The maximum Gasteiger partial charge on any atom is 0.245 e. The summed E-state index contributed by atoms with van der Waals surface area (Å²) in [4.78, 5) is 6.76. The van der Waals surface area contributed by atoms with Gasteiger partial charge >= 0.3 is 0 Å². The van der Waals surface area contributed by atoms with Crippen molar-refractivity contribution in [2.24, 2.45) is 0 Å². The molecule has 0 saturated carbocycles. The van der Waals surface area contributed by atoms with Crippen LogP contribution in [0.2, 0.25) is 5.02 Å². The number of H-pyrrole nitrogens is 1. The number of aromatic amines is 1. The Labute approximate surface area is 130 Å². The third-order valence-electron chi connectivity index (χ3n) is 3.32. The van der Waals surface area contributed by atoms with Gasteiger partial charge in [0.2, 0.25) is 5.95 Å². The Balaban J connectivity index is 1.84. The van der Waals surface area contributed by atoms with Crippen molar-refractivity contribution in [1.82, 2.24) is 20.5 Å². The van der Waals surface area contributed by atoms with E-state index in [1.54, 1.807) is 0 Å². The van der Waals surface area contributed by atoms with Gasteiger partial charge in [0.05, 0.1) is 5.02 Å². The molecule has 1 aliphatic heterocycles. The highest BCUT2D eigenvalue weighted by atomic mass is 79.9. The molecule has 7 heteroatoms. The molecule has 2 aromatic rings. The summed E-state index contributed by atoms with van der Waals surface area (Å²) >= 11 is 9.42. The van der Waals surface area contributed by atoms with E-state index in [1.165, 1.54) is 0 Å². The van der Waals surface area contributed by atoms with Gasteiger partial charge in [-0.3, -0.25) is 5.10 Å². The molecule has 1 aromatic heterocycles. The standard InChI is InChI=1S/C13H15BrClN5/c1-8-7-20(5-4-16-8)13-17-12(18-19-13)9-2-3-11(15)10(14)6-9/h2-3,6,8,16H,4-5,7H2,1H3,(H,17,18,19)/t8-/m1/s1. The normalized spacial score (nSPS) is 19.4. The van der Waals surface area contributed by atoms with Crippen LogP contribution in [0.4, 0.5) is 5.95 Å². The molecule has 0 aliphatic carbocycles. The van der Waals surface area contributed by atoms with Crippen molar-refractivity contribution in [2.75, 3.05) is 24.5 Å². The monoisotopic (exact) mass is 355 g/mol. The Bertz CT molecular complexity index is 615. The number of benzene rings is 1. The number of anilines is 1. The Hall–Kier alpha value is -1.11. The summed E-state index contributed by atoms with van der Waals surface area (Å²) in [6, 6.07) is 6.16. The van der Waals surface area contributed by atoms with Crippen molar-refractivity contribution in [3.63, 3.8) is 0 Å². The first-order chi connectivity index (χ1) is 9.63. The van der Waals surface area contributed by atoms with E-state index in [9.17, 15) is 0 Å². The third-order valence-corrected chi connectivity index (χ3v) is 4.53. The molecule has 0 unspecified atom stereocenters. The molecule has 106 valence electrons. The van der Waals surface area contributed by atoms with Gasteiger partial charge in [0.1, 0.15) is 0 Å². The maximum atomic E-state index is 6.00. The van der Waals surface area contributed by atoms with Crippen LogP contribution in [0.3, 0.4) is 0 Å². The molecular formula is C13H15BrClN5. The number of nitrogens with zero attached hydrogens (tertiary/aromatic N) is 3. The van der Waals surface area contributed by atoms with E-state index >= 15 is 0 Å². The zero-order valence-electron chi connectivity index (χ0n) is 11.0. The minimum atomic E-state index is 0.454. The fourth-order valence-electron chi connectivity index (χ4n) is 2.28. The van der Waals surface area contributed by atoms with E-state index in [1.807, 2.05) is 18.2 Å². The second-order valence-corrected chi connectivity index (χ2v) is 6.18. The number of aromatic nitrogens is 3. The lowest BCUT2D eigenvalue weighted by atomic mass is 10.2. The lowest BCUT2D eigenvalue weighted by Gasteiger charge is -2.30. The van der Waals surface area contributed by atoms with Gasteiger partial charge in [-0.2, -0.15) is 4.98 Å².